The van der Waals surface area contributed by atoms with Gasteiger partial charge < -0.3 is 11.1 Å². The molecule has 0 saturated carbocycles. The average Bonchev–Trinajstić information content (AvgIpc) is 2.26. The van der Waals surface area contributed by atoms with Crippen molar-refractivity contribution in [2.75, 3.05) is 6.54 Å². The number of hydrogen-bond acceptors (Lipinski definition) is 2. The number of amides is 1. The van der Waals surface area contributed by atoms with Crippen molar-refractivity contribution in [3.8, 4) is 0 Å². The van der Waals surface area contributed by atoms with Crippen LogP contribution in [0.4, 0.5) is 0 Å². The summed E-state index contributed by atoms with van der Waals surface area (Å²) >= 11 is 3.46. The molecule has 0 bridgehead atoms. The van der Waals surface area contributed by atoms with Gasteiger partial charge in [-0.05, 0) is 24.6 Å². The molecule has 0 aromatic heterocycles. The highest BCUT2D eigenvalue weighted by Gasteiger charge is 2.21. The molecule has 108 valence electrons. The van der Waals surface area contributed by atoms with Crippen molar-refractivity contribution >= 4 is 34.2 Å². The van der Waals surface area contributed by atoms with E-state index in [0.717, 1.165) is 4.47 Å². The number of hydrogen-bond donors (Lipinski definition) is 2. The van der Waals surface area contributed by atoms with Crippen molar-refractivity contribution in [2.45, 2.75) is 38.6 Å². The maximum Gasteiger partial charge on any atom is 0.221 e. The molecular formula is C14H22BrClN2O. The van der Waals surface area contributed by atoms with Crippen LogP contribution in [0.15, 0.2) is 28.7 Å². The molecule has 1 unspecified atom stereocenters. The number of nitrogens with two attached hydrogens (primary N) is 1. The van der Waals surface area contributed by atoms with Gasteiger partial charge in [0.05, 0.1) is 0 Å². The summed E-state index contributed by atoms with van der Waals surface area (Å²) in [4.78, 5) is 11.6. The highest BCUT2D eigenvalue weighted by molar-refractivity contribution is 9.10. The molecule has 1 atom stereocenters. The van der Waals surface area contributed by atoms with Gasteiger partial charge in [0.2, 0.25) is 5.91 Å². The van der Waals surface area contributed by atoms with Gasteiger partial charge in [0.15, 0.2) is 0 Å². The Hall–Kier alpha value is -0.580. The van der Waals surface area contributed by atoms with Crippen LogP contribution < -0.4 is 11.1 Å². The van der Waals surface area contributed by atoms with Crippen molar-refractivity contribution in [3.63, 3.8) is 0 Å². The molecule has 19 heavy (non-hydrogen) atoms. The lowest BCUT2D eigenvalue weighted by Crippen LogP contribution is -2.38. The summed E-state index contributed by atoms with van der Waals surface area (Å²) in [5, 5.41) is 2.94. The number of halogens is 2. The summed E-state index contributed by atoms with van der Waals surface area (Å²) in [6.07, 6.45) is 0.370. The van der Waals surface area contributed by atoms with Gasteiger partial charge in [-0.3, -0.25) is 4.79 Å². The van der Waals surface area contributed by atoms with Crippen LogP contribution in [0.5, 0.6) is 0 Å². The number of benzene rings is 1. The zero-order chi connectivity index (χ0) is 13.8. The Balaban J connectivity index is 0.00000324. The minimum atomic E-state index is -0.0999. The second kappa shape index (κ2) is 7.88. The van der Waals surface area contributed by atoms with E-state index >= 15 is 0 Å². The summed E-state index contributed by atoms with van der Waals surface area (Å²) in [6, 6.07) is 8.05. The first-order valence-electron chi connectivity index (χ1n) is 6.09. The average molecular weight is 350 g/mol. The molecule has 0 heterocycles. The zero-order valence-corrected chi connectivity index (χ0v) is 14.0. The molecule has 1 aromatic carbocycles. The summed E-state index contributed by atoms with van der Waals surface area (Å²) in [6.45, 7) is 6.66. The van der Waals surface area contributed by atoms with Gasteiger partial charge in [-0.25, -0.2) is 0 Å². The molecule has 1 rings (SSSR count). The fraction of sp³-hybridized carbons (Fsp3) is 0.500. The Morgan fingerprint density at radius 1 is 1.47 bits per heavy atom. The van der Waals surface area contributed by atoms with Crippen LogP contribution in [-0.2, 0) is 10.2 Å². The molecule has 0 spiro atoms. The summed E-state index contributed by atoms with van der Waals surface area (Å²) < 4.78 is 1.05. The summed E-state index contributed by atoms with van der Waals surface area (Å²) in [7, 11) is 0. The minimum Gasteiger partial charge on any atom is -0.355 e. The Morgan fingerprint density at radius 2 is 2.11 bits per heavy atom. The van der Waals surface area contributed by atoms with Crippen molar-refractivity contribution < 1.29 is 4.79 Å². The standard InChI is InChI=1S/C14H21BrN2O.ClH/c1-10(16)7-13(18)17-9-14(2,3)11-5-4-6-12(15)8-11;/h4-6,8,10H,7,9,16H2,1-3H3,(H,17,18);1H. The van der Waals surface area contributed by atoms with E-state index in [0.29, 0.717) is 13.0 Å². The van der Waals surface area contributed by atoms with Crippen molar-refractivity contribution in [1.29, 1.82) is 0 Å². The number of carbonyl (C=O) groups excluding carboxylic acids is 1. The van der Waals surface area contributed by atoms with E-state index in [1.54, 1.807) is 0 Å². The maximum absolute atomic E-state index is 11.6. The van der Waals surface area contributed by atoms with Crippen molar-refractivity contribution in [1.82, 2.24) is 5.32 Å². The largest absolute Gasteiger partial charge is 0.355 e. The van der Waals surface area contributed by atoms with Gasteiger partial charge in [-0.15, -0.1) is 12.4 Å². The lowest BCUT2D eigenvalue weighted by atomic mass is 9.84. The molecular weight excluding hydrogens is 328 g/mol. The van der Waals surface area contributed by atoms with E-state index < -0.39 is 0 Å². The molecule has 5 heteroatoms. The molecule has 1 aromatic rings. The van der Waals surface area contributed by atoms with E-state index in [9.17, 15) is 4.79 Å². The monoisotopic (exact) mass is 348 g/mol. The molecule has 0 aliphatic rings. The van der Waals surface area contributed by atoms with Gasteiger partial charge in [-0.2, -0.15) is 0 Å². The summed E-state index contributed by atoms with van der Waals surface area (Å²) in [5.41, 5.74) is 6.69. The van der Waals surface area contributed by atoms with Crippen LogP contribution in [0.3, 0.4) is 0 Å². The number of nitrogens with one attached hydrogen (secondary N) is 1. The van der Waals surface area contributed by atoms with E-state index in [4.69, 9.17) is 5.73 Å². The Bertz CT molecular complexity index is 422. The van der Waals surface area contributed by atoms with E-state index in [1.165, 1.54) is 5.56 Å². The second-order valence-electron chi connectivity index (χ2n) is 5.35. The third-order valence-corrected chi connectivity index (χ3v) is 3.33. The highest BCUT2D eigenvalue weighted by atomic mass is 79.9. The van der Waals surface area contributed by atoms with Gasteiger partial charge in [0.1, 0.15) is 0 Å². The molecule has 0 aliphatic heterocycles. The molecule has 1 amide bonds. The van der Waals surface area contributed by atoms with Crippen LogP contribution >= 0.6 is 28.3 Å². The number of carbonyl (C=O) groups is 1. The third kappa shape index (κ3) is 6.41. The molecule has 0 radical (unpaired) electrons. The van der Waals surface area contributed by atoms with Gasteiger partial charge in [0.25, 0.3) is 0 Å². The SMILES string of the molecule is CC(N)CC(=O)NCC(C)(C)c1cccc(Br)c1.Cl. The van der Waals surface area contributed by atoms with Crippen LogP contribution in [-0.4, -0.2) is 18.5 Å². The first-order chi connectivity index (χ1) is 8.31. The van der Waals surface area contributed by atoms with E-state index in [1.807, 2.05) is 19.1 Å². The smallest absolute Gasteiger partial charge is 0.221 e. The molecule has 0 saturated heterocycles. The Kier molecular flexibility index (Phi) is 7.64. The van der Waals surface area contributed by atoms with Crippen LogP contribution in [0.2, 0.25) is 0 Å². The van der Waals surface area contributed by atoms with Gasteiger partial charge in [-0.1, -0.05) is 41.9 Å². The fourth-order valence-corrected chi connectivity index (χ4v) is 2.09. The predicted molar refractivity (Wildman–Crippen MR) is 85.7 cm³/mol. The Labute approximate surface area is 129 Å². The second-order valence-corrected chi connectivity index (χ2v) is 6.27. The van der Waals surface area contributed by atoms with Crippen LogP contribution in [0.25, 0.3) is 0 Å². The first-order valence-corrected chi connectivity index (χ1v) is 6.89. The quantitative estimate of drug-likeness (QED) is 0.858. The topological polar surface area (TPSA) is 55.1 Å². The number of rotatable bonds is 5. The van der Waals surface area contributed by atoms with E-state index in [-0.39, 0.29) is 29.8 Å². The van der Waals surface area contributed by atoms with Crippen molar-refractivity contribution in [3.05, 3.63) is 34.3 Å². The van der Waals surface area contributed by atoms with Crippen LogP contribution in [0.1, 0.15) is 32.8 Å². The summed E-state index contributed by atoms with van der Waals surface area (Å²) in [5.74, 6) is 0.00747. The van der Waals surface area contributed by atoms with Crippen molar-refractivity contribution in [2.24, 2.45) is 5.73 Å². The van der Waals surface area contributed by atoms with Gasteiger partial charge >= 0.3 is 0 Å². The normalized spacial score (nSPS) is 12.5. The lowest BCUT2D eigenvalue weighted by Gasteiger charge is -2.26. The first kappa shape index (κ1) is 18.4. The zero-order valence-electron chi connectivity index (χ0n) is 11.6. The maximum atomic E-state index is 11.6. The minimum absolute atomic E-state index is 0. The third-order valence-electron chi connectivity index (χ3n) is 2.84. The highest BCUT2D eigenvalue weighted by Crippen LogP contribution is 2.25. The molecule has 0 fully saturated rings. The fourth-order valence-electron chi connectivity index (χ4n) is 1.70. The Morgan fingerprint density at radius 3 is 2.63 bits per heavy atom. The molecule has 3 nitrogen and oxygen atoms in total. The van der Waals surface area contributed by atoms with E-state index in [2.05, 4.69) is 47.2 Å². The predicted octanol–water partition coefficient (Wildman–Crippen LogP) is 3.00. The van der Waals surface area contributed by atoms with Crippen LogP contribution in [0, 0.1) is 0 Å². The molecule has 0 aliphatic carbocycles. The molecule has 3 N–H and O–H groups in total. The lowest BCUT2D eigenvalue weighted by molar-refractivity contribution is -0.121. The van der Waals surface area contributed by atoms with Gasteiger partial charge in [0, 0.05) is 28.9 Å².